The summed E-state index contributed by atoms with van der Waals surface area (Å²) in [5.74, 6) is -0.0689. The van der Waals surface area contributed by atoms with Crippen molar-refractivity contribution in [3.8, 4) is 0 Å². The number of halogens is 1. The first-order valence-corrected chi connectivity index (χ1v) is 7.08. The number of nitrogens with one attached hydrogen (secondary N) is 1. The zero-order valence-corrected chi connectivity index (χ0v) is 12.8. The number of benzene rings is 1. The van der Waals surface area contributed by atoms with Gasteiger partial charge >= 0.3 is 0 Å². The van der Waals surface area contributed by atoms with E-state index >= 15 is 0 Å². The molecule has 0 saturated carbocycles. The molecule has 0 bridgehead atoms. The largest absolute Gasteiger partial charge is 0.380 e. The Hall–Kier alpha value is -1.13. The van der Waals surface area contributed by atoms with Crippen LogP contribution in [0.3, 0.4) is 0 Å². The smallest absolute Gasteiger partial charge is 0.244 e. The molecule has 3 nitrogen and oxygen atoms in total. The van der Waals surface area contributed by atoms with Gasteiger partial charge in [0.1, 0.15) is 0 Å². The minimum atomic E-state index is -0.0689. The van der Waals surface area contributed by atoms with Crippen LogP contribution in [0.25, 0.3) is 6.08 Å². The molecule has 1 aromatic rings. The number of rotatable bonds is 4. The minimum Gasteiger partial charge on any atom is -0.380 e. The average molecular weight is 324 g/mol. The summed E-state index contributed by atoms with van der Waals surface area (Å²) in [6.07, 6.45) is 3.39. The van der Waals surface area contributed by atoms with Crippen LogP contribution in [0.15, 0.2) is 28.7 Å². The fourth-order valence-electron chi connectivity index (χ4n) is 1.84. The van der Waals surface area contributed by atoms with Crippen LogP contribution in [0.4, 0.5) is 0 Å². The van der Waals surface area contributed by atoms with Crippen LogP contribution in [0.2, 0.25) is 0 Å². The summed E-state index contributed by atoms with van der Waals surface area (Å²) in [4.78, 5) is 11.7. The summed E-state index contributed by atoms with van der Waals surface area (Å²) >= 11 is 3.49. The Morgan fingerprint density at radius 3 is 2.84 bits per heavy atom. The van der Waals surface area contributed by atoms with Gasteiger partial charge in [0.15, 0.2) is 0 Å². The molecule has 0 aromatic heterocycles. The van der Waals surface area contributed by atoms with Crippen LogP contribution in [0, 0.1) is 12.3 Å². The first-order chi connectivity index (χ1) is 8.98. The second-order valence-electron chi connectivity index (χ2n) is 5.38. The molecule has 0 radical (unpaired) electrons. The number of hydrogen-bond donors (Lipinski definition) is 1. The topological polar surface area (TPSA) is 38.3 Å². The third-order valence-electron chi connectivity index (χ3n) is 3.16. The molecular weight excluding hydrogens is 306 g/mol. The van der Waals surface area contributed by atoms with Crippen molar-refractivity contribution in [3.63, 3.8) is 0 Å². The normalized spacial score (nSPS) is 17.2. The Morgan fingerprint density at radius 2 is 2.26 bits per heavy atom. The van der Waals surface area contributed by atoms with E-state index in [0.29, 0.717) is 6.54 Å². The molecule has 19 heavy (non-hydrogen) atoms. The Balaban J connectivity index is 1.89. The second-order valence-corrected chi connectivity index (χ2v) is 6.23. The lowest BCUT2D eigenvalue weighted by atomic mass is 9.89. The van der Waals surface area contributed by atoms with E-state index in [9.17, 15) is 4.79 Å². The number of carbonyl (C=O) groups excluding carboxylic acids is 1. The summed E-state index contributed by atoms with van der Waals surface area (Å²) in [6.45, 7) is 6.25. The fraction of sp³-hybridized carbons (Fsp3) is 0.400. The number of carbonyl (C=O) groups is 1. The van der Waals surface area contributed by atoms with E-state index in [-0.39, 0.29) is 11.3 Å². The summed E-state index contributed by atoms with van der Waals surface area (Å²) < 4.78 is 6.15. The van der Waals surface area contributed by atoms with E-state index in [2.05, 4.69) is 28.2 Å². The molecule has 1 aliphatic heterocycles. The summed E-state index contributed by atoms with van der Waals surface area (Å²) in [7, 11) is 0. The van der Waals surface area contributed by atoms with Gasteiger partial charge in [0, 0.05) is 22.5 Å². The van der Waals surface area contributed by atoms with Gasteiger partial charge in [-0.05, 0) is 30.2 Å². The van der Waals surface area contributed by atoms with Crippen LogP contribution in [-0.2, 0) is 9.53 Å². The van der Waals surface area contributed by atoms with Crippen LogP contribution < -0.4 is 5.32 Å². The lowest BCUT2D eigenvalue weighted by molar-refractivity contribution is -0.122. The Morgan fingerprint density at radius 1 is 1.53 bits per heavy atom. The molecule has 1 fully saturated rings. The average Bonchev–Trinajstić information content (AvgIpc) is 2.33. The molecule has 0 unspecified atom stereocenters. The number of hydrogen-bond acceptors (Lipinski definition) is 2. The molecule has 1 amide bonds. The van der Waals surface area contributed by atoms with E-state index in [1.165, 1.54) is 5.56 Å². The van der Waals surface area contributed by atoms with Crippen molar-refractivity contribution >= 4 is 27.9 Å². The quantitative estimate of drug-likeness (QED) is 0.865. The van der Waals surface area contributed by atoms with Gasteiger partial charge in [-0.2, -0.15) is 0 Å². The molecule has 1 aromatic carbocycles. The van der Waals surface area contributed by atoms with Crippen LogP contribution >= 0.6 is 15.9 Å². The lowest BCUT2D eigenvalue weighted by Gasteiger charge is -2.37. The first-order valence-electron chi connectivity index (χ1n) is 6.28. The maximum absolute atomic E-state index is 11.7. The molecule has 2 rings (SSSR count). The fourth-order valence-corrected chi connectivity index (χ4v) is 2.47. The van der Waals surface area contributed by atoms with Gasteiger partial charge in [-0.15, -0.1) is 0 Å². The van der Waals surface area contributed by atoms with E-state index in [1.807, 2.05) is 31.2 Å². The minimum absolute atomic E-state index is 0.0689. The summed E-state index contributed by atoms with van der Waals surface area (Å²) in [5.41, 5.74) is 2.29. The molecule has 1 N–H and O–H groups in total. The molecule has 0 spiro atoms. The van der Waals surface area contributed by atoms with Gasteiger partial charge in [0.2, 0.25) is 5.91 Å². The van der Waals surface area contributed by atoms with Crippen molar-refractivity contribution in [2.24, 2.45) is 5.41 Å². The third kappa shape index (κ3) is 3.91. The van der Waals surface area contributed by atoms with Crippen molar-refractivity contribution in [1.82, 2.24) is 5.32 Å². The zero-order chi connectivity index (χ0) is 13.9. The van der Waals surface area contributed by atoms with Crippen LogP contribution in [0.5, 0.6) is 0 Å². The molecule has 102 valence electrons. The van der Waals surface area contributed by atoms with Crippen molar-refractivity contribution in [2.45, 2.75) is 13.8 Å². The maximum Gasteiger partial charge on any atom is 0.244 e. The highest BCUT2D eigenvalue weighted by Gasteiger charge is 2.33. The second kappa shape index (κ2) is 5.88. The van der Waals surface area contributed by atoms with Gasteiger partial charge in [0.25, 0.3) is 0 Å². The molecule has 1 heterocycles. The van der Waals surface area contributed by atoms with E-state index in [0.717, 1.165) is 23.2 Å². The van der Waals surface area contributed by atoms with Crippen molar-refractivity contribution < 1.29 is 9.53 Å². The van der Waals surface area contributed by atoms with E-state index in [4.69, 9.17) is 4.74 Å². The maximum atomic E-state index is 11.7. The van der Waals surface area contributed by atoms with Gasteiger partial charge < -0.3 is 10.1 Å². The van der Waals surface area contributed by atoms with Gasteiger partial charge in [0.05, 0.1) is 13.2 Å². The molecule has 0 aliphatic carbocycles. The van der Waals surface area contributed by atoms with E-state index in [1.54, 1.807) is 6.08 Å². The van der Waals surface area contributed by atoms with Gasteiger partial charge in [-0.25, -0.2) is 0 Å². The van der Waals surface area contributed by atoms with E-state index < -0.39 is 0 Å². The number of amides is 1. The van der Waals surface area contributed by atoms with Crippen LogP contribution in [0.1, 0.15) is 18.1 Å². The Kier molecular flexibility index (Phi) is 4.42. The standard InChI is InChI=1S/C15H18BrNO2/c1-11-3-4-12(13(16)7-11)5-6-14(18)17-8-15(2)9-19-10-15/h3-7H,8-10H2,1-2H3,(H,17,18). The summed E-state index contributed by atoms with van der Waals surface area (Å²) in [5, 5.41) is 2.91. The highest BCUT2D eigenvalue weighted by atomic mass is 79.9. The molecular formula is C15H18BrNO2. The highest BCUT2D eigenvalue weighted by Crippen LogP contribution is 2.25. The van der Waals surface area contributed by atoms with Gasteiger partial charge in [-0.1, -0.05) is 35.0 Å². The Bertz CT molecular complexity index is 507. The number of ether oxygens (including phenoxy) is 1. The predicted molar refractivity (Wildman–Crippen MR) is 79.8 cm³/mol. The van der Waals surface area contributed by atoms with Crippen molar-refractivity contribution in [1.29, 1.82) is 0 Å². The predicted octanol–water partition coefficient (Wildman–Crippen LogP) is 2.92. The third-order valence-corrected chi connectivity index (χ3v) is 3.85. The SMILES string of the molecule is Cc1ccc(C=CC(=O)NCC2(C)COC2)c(Br)c1. The number of aryl methyl sites for hydroxylation is 1. The van der Waals surface area contributed by atoms with Gasteiger partial charge in [-0.3, -0.25) is 4.79 Å². The summed E-state index contributed by atoms with van der Waals surface area (Å²) in [6, 6.07) is 6.05. The highest BCUT2D eigenvalue weighted by molar-refractivity contribution is 9.10. The van der Waals surface area contributed by atoms with Crippen LogP contribution in [-0.4, -0.2) is 25.7 Å². The molecule has 1 saturated heterocycles. The molecule has 4 heteroatoms. The zero-order valence-electron chi connectivity index (χ0n) is 11.2. The lowest BCUT2D eigenvalue weighted by Crippen LogP contribution is -2.48. The monoisotopic (exact) mass is 323 g/mol. The Labute approximate surface area is 122 Å². The first kappa shape index (κ1) is 14.3. The molecule has 0 atom stereocenters. The van der Waals surface area contributed by atoms with Crippen molar-refractivity contribution in [3.05, 3.63) is 39.9 Å². The van der Waals surface area contributed by atoms with Crippen molar-refractivity contribution in [2.75, 3.05) is 19.8 Å². The molecule has 1 aliphatic rings.